The molecule has 4 heterocycles. The second kappa shape index (κ2) is 16.8. The van der Waals surface area contributed by atoms with Crippen LogP contribution in [0.3, 0.4) is 0 Å². The number of aromatic nitrogens is 1. The summed E-state index contributed by atoms with van der Waals surface area (Å²) in [5, 5.41) is 10.2. The number of hydrogen-bond acceptors (Lipinski definition) is 2. The van der Waals surface area contributed by atoms with E-state index in [1.807, 2.05) is 0 Å². The summed E-state index contributed by atoms with van der Waals surface area (Å²) in [5.74, 6) is 0. The van der Waals surface area contributed by atoms with Gasteiger partial charge in [-0.25, -0.2) is 0 Å². The number of benzene rings is 10. The van der Waals surface area contributed by atoms with Crippen LogP contribution >= 0.6 is 0 Å². The van der Waals surface area contributed by atoms with Gasteiger partial charge in [-0.3, -0.25) is 0 Å². The lowest BCUT2D eigenvalue weighted by molar-refractivity contribution is 0.568. The molecule has 3 nitrogen and oxygen atoms in total. The summed E-state index contributed by atoms with van der Waals surface area (Å²) in [5.41, 5.74) is 23.4. The lowest BCUT2D eigenvalue weighted by atomic mass is 9.44. The molecule has 12 aromatic rings. The molecule has 0 saturated carbocycles. The minimum Gasteiger partial charge on any atom is -0.456 e. The quantitative estimate of drug-likeness (QED) is 0.127. The summed E-state index contributed by atoms with van der Waals surface area (Å²) in [6.07, 6.45) is 1.62. The molecule has 14 rings (SSSR count). The van der Waals surface area contributed by atoms with E-state index in [9.17, 15) is 0 Å². The fourth-order valence-electron chi connectivity index (χ4n) is 13.4. The van der Waals surface area contributed by atoms with E-state index in [2.05, 4.69) is 268 Å². The predicted octanol–water partition coefficient (Wildman–Crippen LogP) is 18.8. The molecule has 0 radical (unpaired) electrons. The third-order valence-corrected chi connectivity index (χ3v) is 17.6. The van der Waals surface area contributed by atoms with Gasteiger partial charge in [0.1, 0.15) is 11.2 Å². The molecule has 0 fully saturated rings. The number of para-hydroxylation sites is 1. The summed E-state index contributed by atoms with van der Waals surface area (Å²) in [7, 11) is 0. The van der Waals surface area contributed by atoms with Crippen molar-refractivity contribution in [1.82, 2.24) is 4.48 Å². The third-order valence-electron chi connectivity index (χ3n) is 17.6. The van der Waals surface area contributed by atoms with Crippen molar-refractivity contribution in [1.29, 1.82) is 0 Å². The number of nitrogens with zero attached hydrogens (tertiary/aromatic N) is 2. The molecule has 10 aromatic carbocycles. The van der Waals surface area contributed by atoms with E-state index in [-0.39, 0.29) is 28.5 Å². The summed E-state index contributed by atoms with van der Waals surface area (Å²) >= 11 is 0. The Bertz CT molecular complexity index is 4440. The van der Waals surface area contributed by atoms with Crippen molar-refractivity contribution in [2.24, 2.45) is 0 Å². The Morgan fingerprint density at radius 2 is 0.936 bits per heavy atom. The Labute approximate surface area is 460 Å². The molecule has 2 aliphatic rings. The summed E-state index contributed by atoms with van der Waals surface area (Å²) in [4.78, 5) is 2.67. The number of fused-ring (bicyclic) bond motifs is 13. The van der Waals surface area contributed by atoms with Crippen molar-refractivity contribution in [3.05, 3.63) is 220 Å². The SMILES string of the molecule is CC(C)(C)c1cc(N2c3cc4c(Cc5ccccc5)c5ccccc5c(Cc5ccccc5)c4cc3B3c4c2cc2oc5ccccc5c2c4-c2cc(C(C)(C)C)cc4c5cc(C(C)(C)C)ccc5n3c24)cc(C(C)(C)C)c1. The zero-order valence-corrected chi connectivity index (χ0v) is 47.5. The first-order valence-electron chi connectivity index (χ1n) is 28.4. The molecule has 2 aliphatic heterocycles. The number of anilines is 3. The number of hydrogen-bond donors (Lipinski definition) is 0. The lowest BCUT2D eigenvalue weighted by Crippen LogP contribution is -2.56. The van der Waals surface area contributed by atoms with Crippen molar-refractivity contribution < 1.29 is 4.42 Å². The maximum absolute atomic E-state index is 7.18. The van der Waals surface area contributed by atoms with Crippen LogP contribution in [0.15, 0.2) is 180 Å². The molecule has 0 N–H and O–H groups in total. The van der Waals surface area contributed by atoms with Crippen LogP contribution < -0.4 is 15.8 Å². The molecular formula is C74H69BN2O. The van der Waals surface area contributed by atoms with Gasteiger partial charge >= 0.3 is 6.85 Å². The van der Waals surface area contributed by atoms with E-state index in [1.165, 1.54) is 132 Å². The van der Waals surface area contributed by atoms with Crippen LogP contribution in [0.25, 0.3) is 76.4 Å². The van der Waals surface area contributed by atoms with Crippen LogP contribution in [-0.2, 0) is 34.5 Å². The standard InChI is InChI=1S/C74H69BN2O/c1-71(2,3)46-31-32-62-58(38-46)59-39-49(74(10,11)12)40-60-68-67-53-29-21-22-30-65(53)78-66(67)43-64-69(68)75(77(62)70(59)60)61-41-56-54(33-44-23-15-13-16-24-44)51-27-19-20-28-52(51)55(34-45-25-17-14-18-26-45)57(56)42-63(61)76(64)50-36-47(72(4,5)6)35-48(37-50)73(7,8)9/h13-32,35-43H,33-34H2,1-12H3. The second-order valence-corrected chi connectivity index (χ2v) is 27.0. The molecule has 0 saturated heterocycles. The summed E-state index contributed by atoms with van der Waals surface area (Å²) < 4.78 is 9.96. The van der Waals surface area contributed by atoms with Gasteiger partial charge in [0, 0.05) is 61.3 Å². The summed E-state index contributed by atoms with van der Waals surface area (Å²) in [6, 6.07) is 67.8. The molecule has 384 valence electrons. The molecular weight excluding hydrogens is 944 g/mol. The first-order chi connectivity index (χ1) is 37.2. The Morgan fingerprint density at radius 1 is 0.410 bits per heavy atom. The van der Waals surface area contributed by atoms with Gasteiger partial charge in [0.15, 0.2) is 0 Å². The van der Waals surface area contributed by atoms with Crippen LogP contribution in [0.5, 0.6) is 0 Å². The van der Waals surface area contributed by atoms with Gasteiger partial charge in [0.2, 0.25) is 0 Å². The van der Waals surface area contributed by atoms with Crippen LogP contribution in [0, 0.1) is 0 Å². The fraction of sp³-hybridized carbons (Fsp3) is 0.243. The van der Waals surface area contributed by atoms with Gasteiger partial charge in [-0.15, -0.1) is 0 Å². The topological polar surface area (TPSA) is 21.3 Å². The minimum absolute atomic E-state index is 0.0367. The highest BCUT2D eigenvalue weighted by molar-refractivity contribution is 6.90. The van der Waals surface area contributed by atoms with E-state index in [0.717, 1.165) is 29.4 Å². The minimum atomic E-state index is -0.182. The van der Waals surface area contributed by atoms with E-state index in [1.54, 1.807) is 0 Å². The Morgan fingerprint density at radius 3 is 1.53 bits per heavy atom. The Hall–Kier alpha value is -7.82. The van der Waals surface area contributed by atoms with Crippen LogP contribution in [0.1, 0.15) is 128 Å². The fourth-order valence-corrected chi connectivity index (χ4v) is 13.4. The zero-order chi connectivity index (χ0) is 53.9. The van der Waals surface area contributed by atoms with Gasteiger partial charge in [-0.05, 0) is 166 Å². The smallest absolute Gasteiger partial charge is 0.333 e. The molecule has 2 aromatic heterocycles. The Balaban J connectivity index is 1.22. The molecule has 0 unspecified atom stereocenters. The predicted molar refractivity (Wildman–Crippen MR) is 336 cm³/mol. The van der Waals surface area contributed by atoms with Gasteiger partial charge in [-0.2, -0.15) is 0 Å². The Kier molecular flexibility index (Phi) is 10.5. The van der Waals surface area contributed by atoms with Crippen molar-refractivity contribution in [2.45, 2.75) is 118 Å². The highest BCUT2D eigenvalue weighted by atomic mass is 16.3. The molecule has 0 atom stereocenters. The monoisotopic (exact) mass is 1010 g/mol. The summed E-state index contributed by atoms with van der Waals surface area (Å²) in [6.45, 7) is 28.1. The maximum atomic E-state index is 7.18. The number of furan rings is 1. The number of rotatable bonds is 5. The average Bonchev–Trinajstić information content (AvgIpc) is 2.93. The first kappa shape index (κ1) is 48.5. The third kappa shape index (κ3) is 7.46. The highest BCUT2D eigenvalue weighted by Crippen LogP contribution is 2.53. The first-order valence-corrected chi connectivity index (χ1v) is 28.4. The van der Waals surface area contributed by atoms with Crippen LogP contribution in [0.4, 0.5) is 17.1 Å². The zero-order valence-electron chi connectivity index (χ0n) is 47.5. The average molecular weight is 1010 g/mol. The van der Waals surface area contributed by atoms with Gasteiger partial charge in [0.05, 0.1) is 0 Å². The largest absolute Gasteiger partial charge is 0.456 e. The van der Waals surface area contributed by atoms with Gasteiger partial charge in [0.25, 0.3) is 0 Å². The normalized spacial score (nSPS) is 13.7. The highest BCUT2D eigenvalue weighted by Gasteiger charge is 2.46. The van der Waals surface area contributed by atoms with Gasteiger partial charge < -0.3 is 13.8 Å². The van der Waals surface area contributed by atoms with Crippen molar-refractivity contribution in [2.75, 3.05) is 4.90 Å². The maximum Gasteiger partial charge on any atom is 0.333 e. The van der Waals surface area contributed by atoms with Crippen molar-refractivity contribution in [3.63, 3.8) is 0 Å². The van der Waals surface area contributed by atoms with E-state index in [4.69, 9.17) is 4.42 Å². The lowest BCUT2D eigenvalue weighted by Gasteiger charge is -2.42. The molecule has 0 aliphatic carbocycles. The van der Waals surface area contributed by atoms with Crippen molar-refractivity contribution >= 4 is 100 Å². The van der Waals surface area contributed by atoms with E-state index in [0.29, 0.717) is 0 Å². The molecule has 0 spiro atoms. The van der Waals surface area contributed by atoms with Crippen LogP contribution in [0.2, 0.25) is 0 Å². The van der Waals surface area contributed by atoms with Crippen molar-refractivity contribution in [3.8, 4) is 11.1 Å². The molecule has 0 bridgehead atoms. The molecule has 4 heteroatoms. The van der Waals surface area contributed by atoms with Crippen LogP contribution in [-0.4, -0.2) is 11.3 Å². The molecule has 78 heavy (non-hydrogen) atoms. The van der Waals surface area contributed by atoms with Gasteiger partial charge in [-0.1, -0.05) is 204 Å². The van der Waals surface area contributed by atoms with E-state index >= 15 is 0 Å². The van der Waals surface area contributed by atoms with E-state index < -0.39 is 0 Å². The molecule has 0 amide bonds. The second-order valence-electron chi connectivity index (χ2n) is 27.0.